The lowest BCUT2D eigenvalue weighted by molar-refractivity contribution is 0.226. The van der Waals surface area contributed by atoms with Gasteiger partial charge in [-0.15, -0.1) is 0 Å². The minimum atomic E-state index is 0.812. The summed E-state index contributed by atoms with van der Waals surface area (Å²) in [5.41, 5.74) is 14.6. The summed E-state index contributed by atoms with van der Waals surface area (Å²) < 4.78 is 0. The molecule has 0 spiro atoms. The number of piperidine rings is 1. The Labute approximate surface area is 104 Å². The lowest BCUT2D eigenvalue weighted by atomic mass is 10.1. The summed E-state index contributed by atoms with van der Waals surface area (Å²) in [6.45, 7) is 3.73. The van der Waals surface area contributed by atoms with Crippen LogP contribution in [0.1, 0.15) is 31.2 Å². The molecule has 4 N–H and O–H groups in total. The first-order valence-electron chi connectivity index (χ1n) is 6.62. The van der Waals surface area contributed by atoms with Crippen molar-refractivity contribution in [3.05, 3.63) is 23.8 Å². The summed E-state index contributed by atoms with van der Waals surface area (Å²) in [7, 11) is 0. The molecule has 3 nitrogen and oxygen atoms in total. The first-order chi connectivity index (χ1) is 8.25. The van der Waals surface area contributed by atoms with Crippen LogP contribution in [0.3, 0.4) is 0 Å². The van der Waals surface area contributed by atoms with Crippen molar-refractivity contribution in [1.29, 1.82) is 0 Å². The predicted octanol–water partition coefficient (Wildman–Crippen LogP) is 2.27. The van der Waals surface area contributed by atoms with E-state index >= 15 is 0 Å². The van der Waals surface area contributed by atoms with Gasteiger partial charge in [0.25, 0.3) is 0 Å². The molecule has 0 unspecified atom stereocenters. The molecule has 1 aliphatic heterocycles. The molecule has 3 heteroatoms. The summed E-state index contributed by atoms with van der Waals surface area (Å²) in [5.74, 6) is 0. The Morgan fingerprint density at radius 1 is 1.06 bits per heavy atom. The van der Waals surface area contributed by atoms with Crippen LogP contribution in [0.4, 0.5) is 11.4 Å². The van der Waals surface area contributed by atoms with Gasteiger partial charge in [0.1, 0.15) is 0 Å². The number of benzene rings is 1. The highest BCUT2D eigenvalue weighted by molar-refractivity contribution is 5.55. The number of rotatable bonds is 4. The lowest BCUT2D eigenvalue weighted by Gasteiger charge is -2.26. The van der Waals surface area contributed by atoms with Gasteiger partial charge in [-0.2, -0.15) is 0 Å². The van der Waals surface area contributed by atoms with Gasteiger partial charge in [0.05, 0.1) is 0 Å². The Balaban J connectivity index is 1.79. The summed E-state index contributed by atoms with van der Waals surface area (Å²) in [4.78, 5) is 2.56. The number of likely N-dealkylation sites (tertiary alicyclic amines) is 1. The van der Waals surface area contributed by atoms with E-state index in [0.29, 0.717) is 0 Å². The molecule has 17 heavy (non-hydrogen) atoms. The van der Waals surface area contributed by atoms with E-state index in [0.717, 1.165) is 17.8 Å². The lowest BCUT2D eigenvalue weighted by Crippen LogP contribution is -2.30. The number of aryl methyl sites for hydroxylation is 1. The highest BCUT2D eigenvalue weighted by Gasteiger charge is 2.09. The van der Waals surface area contributed by atoms with Crippen LogP contribution in [0, 0.1) is 0 Å². The fourth-order valence-corrected chi connectivity index (χ4v) is 2.52. The van der Waals surface area contributed by atoms with Gasteiger partial charge in [0.15, 0.2) is 0 Å². The van der Waals surface area contributed by atoms with E-state index < -0.39 is 0 Å². The second kappa shape index (κ2) is 5.92. The van der Waals surface area contributed by atoms with E-state index in [1.807, 2.05) is 18.2 Å². The van der Waals surface area contributed by atoms with Crippen molar-refractivity contribution < 1.29 is 0 Å². The van der Waals surface area contributed by atoms with Crippen LogP contribution in [0.5, 0.6) is 0 Å². The van der Waals surface area contributed by atoms with Gasteiger partial charge in [-0.05, 0) is 69.1 Å². The highest BCUT2D eigenvalue weighted by Crippen LogP contribution is 2.18. The van der Waals surface area contributed by atoms with Crippen LogP contribution >= 0.6 is 0 Å². The van der Waals surface area contributed by atoms with Crippen LogP contribution in [-0.2, 0) is 6.42 Å². The van der Waals surface area contributed by atoms with Crippen LogP contribution < -0.4 is 11.5 Å². The fraction of sp³-hybridized carbons (Fsp3) is 0.571. The normalized spacial score (nSPS) is 17.2. The SMILES string of the molecule is Nc1ccc(N)c(CCCN2CCCCC2)c1. The molecule has 0 atom stereocenters. The molecule has 1 fully saturated rings. The van der Waals surface area contributed by atoms with Crippen molar-refractivity contribution in [1.82, 2.24) is 4.90 Å². The first-order valence-corrected chi connectivity index (χ1v) is 6.62. The van der Waals surface area contributed by atoms with Gasteiger partial charge >= 0.3 is 0 Å². The van der Waals surface area contributed by atoms with E-state index in [1.165, 1.54) is 50.9 Å². The summed E-state index contributed by atoms with van der Waals surface area (Å²) >= 11 is 0. The molecule has 0 amide bonds. The maximum absolute atomic E-state index is 5.94. The Morgan fingerprint density at radius 3 is 2.59 bits per heavy atom. The second-order valence-corrected chi connectivity index (χ2v) is 4.96. The minimum Gasteiger partial charge on any atom is -0.399 e. The number of nitrogens with zero attached hydrogens (tertiary/aromatic N) is 1. The Kier molecular flexibility index (Phi) is 4.26. The summed E-state index contributed by atoms with van der Waals surface area (Å²) in [6, 6.07) is 5.78. The van der Waals surface area contributed by atoms with Crippen LogP contribution in [-0.4, -0.2) is 24.5 Å². The smallest absolute Gasteiger partial charge is 0.0348 e. The van der Waals surface area contributed by atoms with E-state index in [9.17, 15) is 0 Å². The maximum Gasteiger partial charge on any atom is 0.0348 e. The average Bonchev–Trinajstić information content (AvgIpc) is 2.35. The summed E-state index contributed by atoms with van der Waals surface area (Å²) in [5, 5.41) is 0. The molecule has 2 rings (SSSR count). The zero-order chi connectivity index (χ0) is 12.1. The standard InChI is InChI=1S/C14H23N3/c15-13-6-7-14(16)12(11-13)5-4-10-17-8-2-1-3-9-17/h6-7,11H,1-5,8-10,15-16H2. The molecular formula is C14H23N3. The zero-order valence-electron chi connectivity index (χ0n) is 10.5. The molecule has 1 heterocycles. The molecule has 1 saturated heterocycles. The number of nitrogen functional groups attached to an aromatic ring is 2. The number of hydrogen-bond donors (Lipinski definition) is 2. The third-order valence-corrected chi connectivity index (χ3v) is 3.54. The largest absolute Gasteiger partial charge is 0.399 e. The van der Waals surface area contributed by atoms with E-state index in [-0.39, 0.29) is 0 Å². The molecule has 0 bridgehead atoms. The molecule has 1 aliphatic rings. The van der Waals surface area contributed by atoms with Gasteiger partial charge in [-0.1, -0.05) is 6.42 Å². The van der Waals surface area contributed by atoms with E-state index in [1.54, 1.807) is 0 Å². The minimum absolute atomic E-state index is 0.812. The van der Waals surface area contributed by atoms with Crippen LogP contribution in [0.25, 0.3) is 0 Å². The number of hydrogen-bond acceptors (Lipinski definition) is 3. The monoisotopic (exact) mass is 233 g/mol. The second-order valence-electron chi connectivity index (χ2n) is 4.96. The average molecular weight is 233 g/mol. The van der Waals surface area contributed by atoms with Crippen LogP contribution in [0.15, 0.2) is 18.2 Å². The van der Waals surface area contributed by atoms with Gasteiger partial charge < -0.3 is 16.4 Å². The molecule has 0 aromatic heterocycles. The van der Waals surface area contributed by atoms with Crippen molar-refractivity contribution in [2.45, 2.75) is 32.1 Å². The van der Waals surface area contributed by atoms with E-state index in [2.05, 4.69) is 4.90 Å². The topological polar surface area (TPSA) is 55.3 Å². The van der Waals surface area contributed by atoms with Crippen molar-refractivity contribution in [2.75, 3.05) is 31.1 Å². The molecule has 1 aromatic carbocycles. The van der Waals surface area contributed by atoms with Crippen molar-refractivity contribution in [3.8, 4) is 0 Å². The predicted molar refractivity (Wildman–Crippen MR) is 73.9 cm³/mol. The molecular weight excluding hydrogens is 210 g/mol. The van der Waals surface area contributed by atoms with Crippen molar-refractivity contribution in [2.24, 2.45) is 0 Å². The molecule has 0 radical (unpaired) electrons. The van der Waals surface area contributed by atoms with Gasteiger partial charge in [0.2, 0.25) is 0 Å². The van der Waals surface area contributed by atoms with E-state index in [4.69, 9.17) is 11.5 Å². The maximum atomic E-state index is 5.94. The molecule has 94 valence electrons. The Morgan fingerprint density at radius 2 is 1.82 bits per heavy atom. The Bertz CT molecular complexity index is 356. The summed E-state index contributed by atoms with van der Waals surface area (Å²) in [6.07, 6.45) is 6.33. The third kappa shape index (κ3) is 3.63. The highest BCUT2D eigenvalue weighted by atomic mass is 15.1. The Hall–Kier alpha value is -1.22. The molecule has 1 aromatic rings. The van der Waals surface area contributed by atoms with Crippen molar-refractivity contribution in [3.63, 3.8) is 0 Å². The quantitative estimate of drug-likeness (QED) is 0.784. The fourth-order valence-electron chi connectivity index (χ4n) is 2.52. The van der Waals surface area contributed by atoms with Gasteiger partial charge in [0, 0.05) is 11.4 Å². The molecule has 0 saturated carbocycles. The van der Waals surface area contributed by atoms with Crippen molar-refractivity contribution >= 4 is 11.4 Å². The van der Waals surface area contributed by atoms with Crippen LogP contribution in [0.2, 0.25) is 0 Å². The third-order valence-electron chi connectivity index (χ3n) is 3.54. The number of anilines is 2. The zero-order valence-corrected chi connectivity index (χ0v) is 10.5. The molecule has 0 aliphatic carbocycles. The number of nitrogens with two attached hydrogens (primary N) is 2. The first kappa shape index (κ1) is 12.2. The van der Waals surface area contributed by atoms with Gasteiger partial charge in [-0.3, -0.25) is 0 Å². The van der Waals surface area contributed by atoms with Gasteiger partial charge in [-0.25, -0.2) is 0 Å².